The SMILES string of the molecule is CNC(=O)c1ccc(C)c(-c2ccc(CCCC(=O)[C@H](C)NC)c(=O)n2Cc2cc(F)cc(C(=O)c3ccc(F)cc3)c2)c1. The third kappa shape index (κ3) is 7.41. The van der Waals surface area contributed by atoms with Gasteiger partial charge in [0, 0.05) is 41.3 Å². The Labute approximate surface area is 254 Å². The molecule has 0 aliphatic heterocycles. The van der Waals surface area contributed by atoms with Crippen LogP contribution in [0.3, 0.4) is 0 Å². The van der Waals surface area contributed by atoms with Gasteiger partial charge in [0.2, 0.25) is 0 Å². The van der Waals surface area contributed by atoms with Crippen molar-refractivity contribution in [3.63, 3.8) is 0 Å². The molecule has 0 aliphatic rings. The van der Waals surface area contributed by atoms with Crippen molar-refractivity contribution in [2.75, 3.05) is 14.1 Å². The molecular weight excluding hydrogens is 564 g/mol. The summed E-state index contributed by atoms with van der Waals surface area (Å²) >= 11 is 0. The monoisotopic (exact) mass is 599 g/mol. The zero-order chi connectivity index (χ0) is 32.0. The number of amides is 1. The van der Waals surface area contributed by atoms with Crippen LogP contribution < -0.4 is 16.2 Å². The summed E-state index contributed by atoms with van der Waals surface area (Å²) in [6.45, 7) is 3.58. The third-order valence-corrected chi connectivity index (χ3v) is 7.71. The molecule has 0 bridgehead atoms. The largest absolute Gasteiger partial charge is 0.355 e. The van der Waals surface area contributed by atoms with Gasteiger partial charge in [-0.3, -0.25) is 19.2 Å². The van der Waals surface area contributed by atoms with Crippen LogP contribution in [-0.4, -0.2) is 42.2 Å². The van der Waals surface area contributed by atoms with E-state index in [1.165, 1.54) is 35.9 Å². The second-order valence-electron chi connectivity index (χ2n) is 10.8. The Balaban J connectivity index is 1.78. The Morgan fingerprint density at radius 3 is 2.23 bits per heavy atom. The summed E-state index contributed by atoms with van der Waals surface area (Å²) in [7, 11) is 3.25. The van der Waals surface area contributed by atoms with Gasteiger partial charge in [0.25, 0.3) is 11.5 Å². The van der Waals surface area contributed by atoms with Crippen LogP contribution in [-0.2, 0) is 17.8 Å². The van der Waals surface area contributed by atoms with E-state index in [0.29, 0.717) is 47.2 Å². The maximum atomic E-state index is 14.9. The fraction of sp³-hybridized carbons (Fsp3) is 0.257. The number of carbonyl (C=O) groups is 3. The summed E-state index contributed by atoms with van der Waals surface area (Å²) in [6.07, 6.45) is 1.13. The lowest BCUT2D eigenvalue weighted by molar-refractivity contribution is -0.120. The van der Waals surface area contributed by atoms with Crippen LogP contribution in [0.1, 0.15) is 62.7 Å². The minimum atomic E-state index is -0.659. The van der Waals surface area contributed by atoms with Crippen molar-refractivity contribution in [1.82, 2.24) is 15.2 Å². The summed E-state index contributed by atoms with van der Waals surface area (Å²) in [5.74, 6) is -1.88. The molecule has 1 aromatic heterocycles. The van der Waals surface area contributed by atoms with Crippen LogP contribution in [0, 0.1) is 18.6 Å². The first-order chi connectivity index (χ1) is 21.0. The average molecular weight is 600 g/mol. The number of nitrogens with one attached hydrogen (secondary N) is 2. The summed E-state index contributed by atoms with van der Waals surface area (Å²) in [5.41, 5.74) is 3.18. The lowest BCUT2D eigenvalue weighted by atomic mass is 9.98. The molecule has 228 valence electrons. The highest BCUT2D eigenvalue weighted by Crippen LogP contribution is 2.26. The summed E-state index contributed by atoms with van der Waals surface area (Å²) < 4.78 is 29.8. The molecule has 0 radical (unpaired) electrons. The molecule has 1 heterocycles. The van der Waals surface area contributed by atoms with E-state index in [1.54, 1.807) is 44.3 Å². The molecule has 0 unspecified atom stereocenters. The van der Waals surface area contributed by atoms with E-state index in [0.717, 1.165) is 23.8 Å². The first-order valence-electron chi connectivity index (χ1n) is 14.4. The number of aromatic nitrogens is 1. The molecule has 1 amide bonds. The van der Waals surface area contributed by atoms with Gasteiger partial charge in [-0.15, -0.1) is 0 Å². The van der Waals surface area contributed by atoms with Crippen molar-refractivity contribution in [2.45, 2.75) is 45.7 Å². The summed E-state index contributed by atoms with van der Waals surface area (Å²) in [4.78, 5) is 51.8. The van der Waals surface area contributed by atoms with Gasteiger partial charge in [-0.1, -0.05) is 12.1 Å². The molecule has 0 saturated carbocycles. The number of benzene rings is 3. The van der Waals surface area contributed by atoms with E-state index in [1.807, 2.05) is 6.92 Å². The van der Waals surface area contributed by atoms with E-state index in [9.17, 15) is 28.0 Å². The van der Waals surface area contributed by atoms with Gasteiger partial charge in [0.1, 0.15) is 17.4 Å². The molecule has 44 heavy (non-hydrogen) atoms. The molecule has 4 rings (SSSR count). The van der Waals surface area contributed by atoms with Gasteiger partial charge in [-0.25, -0.2) is 8.78 Å². The van der Waals surface area contributed by atoms with Gasteiger partial charge in [-0.2, -0.15) is 0 Å². The van der Waals surface area contributed by atoms with E-state index in [2.05, 4.69) is 10.6 Å². The smallest absolute Gasteiger partial charge is 0.254 e. The highest BCUT2D eigenvalue weighted by molar-refractivity contribution is 6.09. The molecule has 7 nitrogen and oxygen atoms in total. The van der Waals surface area contributed by atoms with E-state index < -0.39 is 17.4 Å². The minimum absolute atomic E-state index is 0.0456. The van der Waals surface area contributed by atoms with Crippen molar-refractivity contribution in [1.29, 1.82) is 0 Å². The second-order valence-corrected chi connectivity index (χ2v) is 10.8. The van der Waals surface area contributed by atoms with E-state index in [4.69, 9.17) is 0 Å². The Bertz CT molecular complexity index is 1760. The Hall–Kier alpha value is -4.76. The predicted octanol–water partition coefficient (Wildman–Crippen LogP) is 5.24. The van der Waals surface area contributed by atoms with E-state index >= 15 is 0 Å². The Morgan fingerprint density at radius 2 is 1.55 bits per heavy atom. The van der Waals surface area contributed by atoms with Crippen LogP contribution in [0.15, 0.2) is 77.6 Å². The fourth-order valence-corrected chi connectivity index (χ4v) is 5.04. The first kappa shape index (κ1) is 32.2. The lowest BCUT2D eigenvalue weighted by Gasteiger charge is -2.18. The standard InChI is InChI=1S/C35H35F2N3O4/c1-21-8-9-26(34(43)39-4)19-30(21)31-15-12-25(6-5-7-32(41)22(2)38-3)35(44)40(31)20-23-16-27(18-29(37)17-23)33(42)24-10-13-28(36)14-11-24/h8-19,22,38H,5-7,20H2,1-4H3,(H,39,43)/t22-/m0/s1. The molecule has 0 aliphatic carbocycles. The van der Waals surface area contributed by atoms with Crippen molar-refractivity contribution < 1.29 is 23.2 Å². The zero-order valence-electron chi connectivity index (χ0n) is 25.2. The van der Waals surface area contributed by atoms with Gasteiger partial charge in [-0.05, 0) is 106 Å². The number of halogens is 2. The molecule has 9 heteroatoms. The molecule has 0 fully saturated rings. The maximum Gasteiger partial charge on any atom is 0.254 e. The van der Waals surface area contributed by atoms with Crippen molar-refractivity contribution >= 4 is 17.5 Å². The number of pyridine rings is 1. The van der Waals surface area contributed by atoms with Crippen LogP contribution in [0.25, 0.3) is 11.3 Å². The number of Topliss-reactive ketones (excluding diaryl/α,β-unsaturated/α-hetero) is 1. The Morgan fingerprint density at radius 1 is 0.841 bits per heavy atom. The number of carbonyl (C=O) groups excluding carboxylic acids is 3. The number of hydrogen-bond acceptors (Lipinski definition) is 5. The van der Waals surface area contributed by atoms with Crippen molar-refractivity contribution in [3.8, 4) is 11.3 Å². The zero-order valence-corrected chi connectivity index (χ0v) is 25.2. The maximum absolute atomic E-state index is 14.9. The van der Waals surface area contributed by atoms with Crippen LogP contribution >= 0.6 is 0 Å². The molecule has 0 spiro atoms. The quantitative estimate of drug-likeness (QED) is 0.217. The fourth-order valence-electron chi connectivity index (χ4n) is 5.04. The minimum Gasteiger partial charge on any atom is -0.355 e. The molecular formula is C35H35F2N3O4. The molecule has 1 atom stereocenters. The van der Waals surface area contributed by atoms with Crippen LogP contribution in [0.5, 0.6) is 0 Å². The molecule has 0 saturated heterocycles. The van der Waals surface area contributed by atoms with Gasteiger partial charge >= 0.3 is 0 Å². The first-order valence-corrected chi connectivity index (χ1v) is 14.4. The highest BCUT2D eigenvalue weighted by Gasteiger charge is 2.18. The van der Waals surface area contributed by atoms with Gasteiger partial charge < -0.3 is 15.2 Å². The van der Waals surface area contributed by atoms with Crippen molar-refractivity contribution in [2.24, 2.45) is 0 Å². The number of likely N-dealkylation sites (N-methyl/N-ethyl adjacent to an activating group) is 1. The third-order valence-electron chi connectivity index (χ3n) is 7.71. The number of aryl methyl sites for hydroxylation is 2. The molecule has 4 aromatic rings. The number of nitrogens with zero attached hydrogens (tertiary/aromatic N) is 1. The predicted molar refractivity (Wildman–Crippen MR) is 166 cm³/mol. The average Bonchev–Trinajstić information content (AvgIpc) is 3.02. The number of ketones is 2. The molecule has 2 N–H and O–H groups in total. The van der Waals surface area contributed by atoms with Crippen LogP contribution in [0.4, 0.5) is 8.78 Å². The number of rotatable bonds is 12. The normalized spacial score (nSPS) is 11.7. The Kier molecular flexibility index (Phi) is 10.3. The lowest BCUT2D eigenvalue weighted by Crippen LogP contribution is -2.30. The van der Waals surface area contributed by atoms with Gasteiger partial charge in [0.05, 0.1) is 18.3 Å². The summed E-state index contributed by atoms with van der Waals surface area (Å²) in [6, 6.07) is 17.3. The van der Waals surface area contributed by atoms with Crippen LogP contribution in [0.2, 0.25) is 0 Å². The van der Waals surface area contributed by atoms with E-state index in [-0.39, 0.29) is 41.0 Å². The second kappa shape index (κ2) is 14.1. The van der Waals surface area contributed by atoms with Gasteiger partial charge in [0.15, 0.2) is 5.78 Å². The topological polar surface area (TPSA) is 97.3 Å². The highest BCUT2D eigenvalue weighted by atomic mass is 19.1. The number of hydrogen-bond donors (Lipinski definition) is 2. The molecule has 3 aromatic carbocycles. The van der Waals surface area contributed by atoms with Crippen molar-refractivity contribution in [3.05, 3.63) is 128 Å². The summed E-state index contributed by atoms with van der Waals surface area (Å²) in [5, 5.41) is 5.53.